The minimum absolute atomic E-state index is 0.115. The largest absolute Gasteiger partial charge is 0.444 e. The molecule has 9 heteroatoms. The van der Waals surface area contributed by atoms with Crippen LogP contribution >= 0.6 is 0 Å². The number of hydrogen-bond acceptors (Lipinski definition) is 6. The number of imide groups is 1. The van der Waals surface area contributed by atoms with E-state index in [1.54, 1.807) is 4.90 Å². The number of nitrogens with one attached hydrogen (secondary N) is 1. The van der Waals surface area contributed by atoms with E-state index in [9.17, 15) is 19.2 Å². The maximum absolute atomic E-state index is 12.9. The van der Waals surface area contributed by atoms with E-state index in [2.05, 4.69) is 10.2 Å². The van der Waals surface area contributed by atoms with Gasteiger partial charge in [-0.3, -0.25) is 19.7 Å². The van der Waals surface area contributed by atoms with E-state index >= 15 is 0 Å². The zero-order valence-electron chi connectivity index (χ0n) is 18.6. The lowest BCUT2D eigenvalue weighted by Crippen LogP contribution is -2.52. The van der Waals surface area contributed by atoms with Crippen molar-refractivity contribution >= 4 is 29.5 Å². The van der Waals surface area contributed by atoms with Crippen molar-refractivity contribution in [3.63, 3.8) is 0 Å². The Morgan fingerprint density at radius 3 is 2.53 bits per heavy atom. The summed E-state index contributed by atoms with van der Waals surface area (Å²) in [5.41, 5.74) is 2.01. The summed E-state index contributed by atoms with van der Waals surface area (Å²) in [5.74, 6) is -0.857. The lowest BCUT2D eigenvalue weighted by Gasteiger charge is -2.36. The highest BCUT2D eigenvalue weighted by Crippen LogP contribution is 2.37. The Hall–Kier alpha value is -3.10. The van der Waals surface area contributed by atoms with E-state index in [-0.39, 0.29) is 36.4 Å². The first kappa shape index (κ1) is 20.8. The quantitative estimate of drug-likeness (QED) is 0.702. The van der Waals surface area contributed by atoms with Crippen molar-refractivity contribution in [1.82, 2.24) is 15.1 Å². The highest BCUT2D eigenvalue weighted by molar-refractivity contribution is 6.05. The van der Waals surface area contributed by atoms with Crippen molar-refractivity contribution < 1.29 is 23.9 Å². The summed E-state index contributed by atoms with van der Waals surface area (Å²) in [6.45, 7) is 7.33. The first-order chi connectivity index (χ1) is 15.1. The van der Waals surface area contributed by atoms with Gasteiger partial charge in [0.15, 0.2) is 0 Å². The third kappa shape index (κ3) is 3.49. The molecular formula is C23H28N4O5. The van der Waals surface area contributed by atoms with Gasteiger partial charge in [-0.1, -0.05) is 0 Å². The second kappa shape index (κ2) is 7.21. The number of likely N-dealkylation sites (tertiary alicyclic amines) is 1. The highest BCUT2D eigenvalue weighted by Gasteiger charge is 2.47. The molecule has 5 rings (SSSR count). The van der Waals surface area contributed by atoms with Gasteiger partial charge in [0.25, 0.3) is 5.91 Å². The molecule has 0 spiro atoms. The monoisotopic (exact) mass is 440 g/mol. The molecule has 4 aliphatic rings. The van der Waals surface area contributed by atoms with Crippen LogP contribution in [0.1, 0.15) is 56.0 Å². The molecule has 2 bridgehead atoms. The molecule has 1 aromatic rings. The second-order valence-corrected chi connectivity index (χ2v) is 10.1. The molecule has 3 fully saturated rings. The Balaban J connectivity index is 1.28. The van der Waals surface area contributed by atoms with Gasteiger partial charge in [0.1, 0.15) is 11.6 Å². The Morgan fingerprint density at radius 1 is 1.09 bits per heavy atom. The van der Waals surface area contributed by atoms with Gasteiger partial charge >= 0.3 is 6.09 Å². The average molecular weight is 441 g/mol. The fourth-order valence-electron chi connectivity index (χ4n) is 5.27. The topological polar surface area (TPSA) is 99.3 Å². The van der Waals surface area contributed by atoms with Gasteiger partial charge in [-0.05, 0) is 57.4 Å². The number of rotatable bonds is 2. The SMILES string of the molecule is CC(C)(C)OC(=O)N1C[C@H]2C[C@@H]1CN2c1ccc2c(c1)CN(C1CCC(=O)NC1=O)C2=O. The summed E-state index contributed by atoms with van der Waals surface area (Å²) in [5, 5.41) is 2.33. The number of piperidine rings is 1. The van der Waals surface area contributed by atoms with E-state index in [0.29, 0.717) is 25.1 Å². The molecule has 0 radical (unpaired) electrons. The van der Waals surface area contributed by atoms with Crippen LogP contribution in [0, 0.1) is 0 Å². The number of anilines is 1. The number of carbonyl (C=O) groups is 4. The average Bonchev–Trinajstić information content (AvgIpc) is 3.39. The van der Waals surface area contributed by atoms with Crippen molar-refractivity contribution in [2.75, 3.05) is 18.0 Å². The number of fused-ring (bicyclic) bond motifs is 3. The summed E-state index contributed by atoms with van der Waals surface area (Å²) in [6, 6.07) is 5.53. The predicted molar refractivity (Wildman–Crippen MR) is 115 cm³/mol. The minimum Gasteiger partial charge on any atom is -0.444 e. The van der Waals surface area contributed by atoms with E-state index in [4.69, 9.17) is 4.74 Å². The standard InChI is InChI=1S/C23H28N4O5/c1-23(2,3)32-22(31)26-12-15-9-16(26)11-25(15)14-4-5-17-13(8-14)10-27(21(17)30)18-6-7-19(28)24-20(18)29/h4-5,8,15-16,18H,6-7,9-12H2,1-3H3,(H,24,28,29)/t15-,16-,18?/m1/s1. The normalized spacial score (nSPS) is 27.2. The Kier molecular flexibility index (Phi) is 4.69. The first-order valence-electron chi connectivity index (χ1n) is 11.1. The van der Waals surface area contributed by atoms with Gasteiger partial charge in [0.05, 0.1) is 6.04 Å². The van der Waals surface area contributed by atoms with Crippen LogP contribution in [0.15, 0.2) is 18.2 Å². The van der Waals surface area contributed by atoms with Gasteiger partial charge in [-0.2, -0.15) is 0 Å². The molecule has 9 nitrogen and oxygen atoms in total. The minimum atomic E-state index is -0.610. The van der Waals surface area contributed by atoms with Crippen molar-refractivity contribution in [3.05, 3.63) is 29.3 Å². The molecule has 0 aliphatic carbocycles. The van der Waals surface area contributed by atoms with Crippen LogP contribution in [0.5, 0.6) is 0 Å². The van der Waals surface area contributed by atoms with Crippen LogP contribution in [-0.2, 0) is 20.9 Å². The number of nitrogens with zero attached hydrogens (tertiary/aromatic N) is 3. The first-order valence-corrected chi connectivity index (χ1v) is 11.1. The van der Waals surface area contributed by atoms with Gasteiger partial charge in [0.2, 0.25) is 11.8 Å². The fraction of sp³-hybridized carbons (Fsp3) is 0.565. The van der Waals surface area contributed by atoms with Gasteiger partial charge in [-0.25, -0.2) is 4.79 Å². The summed E-state index contributed by atoms with van der Waals surface area (Å²) >= 11 is 0. The molecule has 3 atom stereocenters. The maximum Gasteiger partial charge on any atom is 0.410 e. The molecule has 4 aliphatic heterocycles. The predicted octanol–water partition coefficient (Wildman–Crippen LogP) is 1.65. The maximum atomic E-state index is 12.9. The molecule has 1 N–H and O–H groups in total. The number of amides is 4. The molecule has 170 valence electrons. The Morgan fingerprint density at radius 2 is 1.88 bits per heavy atom. The van der Waals surface area contributed by atoms with Crippen LogP contribution in [-0.4, -0.2) is 70.4 Å². The van der Waals surface area contributed by atoms with E-state index in [1.165, 1.54) is 0 Å². The van der Waals surface area contributed by atoms with Crippen LogP contribution in [0.25, 0.3) is 0 Å². The van der Waals surface area contributed by atoms with Crippen molar-refractivity contribution in [3.8, 4) is 0 Å². The Bertz CT molecular complexity index is 1020. The number of piperazine rings is 1. The van der Waals surface area contributed by atoms with Crippen LogP contribution in [0.3, 0.4) is 0 Å². The third-order valence-corrected chi connectivity index (χ3v) is 6.71. The summed E-state index contributed by atoms with van der Waals surface area (Å²) in [4.78, 5) is 54.8. The molecular weight excluding hydrogens is 412 g/mol. The molecule has 4 heterocycles. The Labute approximate surface area is 186 Å². The lowest BCUT2D eigenvalue weighted by atomic mass is 10.0. The zero-order chi connectivity index (χ0) is 22.8. The van der Waals surface area contributed by atoms with E-state index in [1.807, 2.05) is 43.9 Å². The molecule has 0 saturated carbocycles. The van der Waals surface area contributed by atoms with E-state index in [0.717, 1.165) is 24.2 Å². The molecule has 1 unspecified atom stereocenters. The van der Waals surface area contributed by atoms with Gasteiger partial charge < -0.3 is 19.4 Å². The molecule has 0 aromatic heterocycles. The van der Waals surface area contributed by atoms with Crippen molar-refractivity contribution in [2.45, 2.75) is 70.3 Å². The smallest absolute Gasteiger partial charge is 0.410 e. The van der Waals surface area contributed by atoms with Gasteiger partial charge in [-0.15, -0.1) is 0 Å². The number of ether oxygens (including phenoxy) is 1. The molecule has 32 heavy (non-hydrogen) atoms. The third-order valence-electron chi connectivity index (χ3n) is 6.71. The summed E-state index contributed by atoms with van der Waals surface area (Å²) in [7, 11) is 0. The molecule has 1 aromatic carbocycles. The van der Waals surface area contributed by atoms with Crippen molar-refractivity contribution in [2.24, 2.45) is 0 Å². The summed E-state index contributed by atoms with van der Waals surface area (Å²) in [6.07, 6.45) is 1.24. The summed E-state index contributed by atoms with van der Waals surface area (Å²) < 4.78 is 5.54. The van der Waals surface area contributed by atoms with Crippen LogP contribution in [0.2, 0.25) is 0 Å². The lowest BCUT2D eigenvalue weighted by molar-refractivity contribution is -0.136. The van der Waals surface area contributed by atoms with Crippen molar-refractivity contribution in [1.29, 1.82) is 0 Å². The van der Waals surface area contributed by atoms with Crippen LogP contribution < -0.4 is 10.2 Å². The molecule has 3 saturated heterocycles. The van der Waals surface area contributed by atoms with Crippen LogP contribution in [0.4, 0.5) is 10.5 Å². The second-order valence-electron chi connectivity index (χ2n) is 10.1. The van der Waals surface area contributed by atoms with Gasteiger partial charge in [0, 0.05) is 43.3 Å². The number of benzene rings is 1. The van der Waals surface area contributed by atoms with E-state index < -0.39 is 17.6 Å². The number of hydrogen-bond donors (Lipinski definition) is 1. The highest BCUT2D eigenvalue weighted by atomic mass is 16.6. The molecule has 4 amide bonds. The zero-order valence-corrected chi connectivity index (χ0v) is 18.6. The number of carbonyl (C=O) groups excluding carboxylic acids is 4. The fourth-order valence-corrected chi connectivity index (χ4v) is 5.27.